The number of piperazine rings is 1. The quantitative estimate of drug-likeness (QED) is 0.471. The van der Waals surface area contributed by atoms with Crippen molar-refractivity contribution in [2.45, 2.75) is 6.54 Å². The Morgan fingerprint density at radius 1 is 0.938 bits per heavy atom. The van der Waals surface area contributed by atoms with Crippen LogP contribution in [0.5, 0.6) is 0 Å². The Morgan fingerprint density at radius 2 is 1.69 bits per heavy atom. The molecule has 0 unspecified atom stereocenters. The summed E-state index contributed by atoms with van der Waals surface area (Å²) in [6, 6.07) is 19.6. The van der Waals surface area contributed by atoms with Gasteiger partial charge >= 0.3 is 0 Å². The van der Waals surface area contributed by atoms with Gasteiger partial charge in [0.25, 0.3) is 11.5 Å². The summed E-state index contributed by atoms with van der Waals surface area (Å²) in [4.78, 5) is 30.5. The molecule has 5 nitrogen and oxygen atoms in total. The number of para-hydroxylation sites is 1. The van der Waals surface area contributed by atoms with Crippen molar-refractivity contribution in [2.24, 2.45) is 0 Å². The summed E-state index contributed by atoms with van der Waals surface area (Å²) in [5.41, 5.74) is 1.95. The molecular weight excluding hydrogens is 425 g/mol. The van der Waals surface area contributed by atoms with Crippen molar-refractivity contribution >= 4 is 33.8 Å². The van der Waals surface area contributed by atoms with Crippen LogP contribution in [0, 0.1) is 5.82 Å². The summed E-state index contributed by atoms with van der Waals surface area (Å²) in [7, 11) is 0. The molecule has 0 atom stereocenters. The van der Waals surface area contributed by atoms with E-state index in [0.717, 1.165) is 21.5 Å². The Kier molecular flexibility index (Phi) is 5.49. The van der Waals surface area contributed by atoms with Gasteiger partial charge in [-0.1, -0.05) is 42.5 Å². The van der Waals surface area contributed by atoms with E-state index in [-0.39, 0.29) is 23.8 Å². The molecule has 2 aromatic carbocycles. The van der Waals surface area contributed by atoms with E-state index < -0.39 is 0 Å². The number of hydrogen-bond acceptors (Lipinski definition) is 4. The number of hydrogen-bond donors (Lipinski definition) is 0. The minimum absolute atomic E-state index is 0.0600. The highest BCUT2D eigenvalue weighted by Gasteiger charge is 2.24. The fraction of sp³-hybridized carbons (Fsp3) is 0.200. The van der Waals surface area contributed by atoms with Crippen LogP contribution in [0.2, 0.25) is 0 Å². The number of carbonyl (C=O) groups excluding carboxylic acids is 1. The van der Waals surface area contributed by atoms with Crippen molar-refractivity contribution in [3.63, 3.8) is 0 Å². The SMILES string of the molecule is O=C(c1cccs1)N1CCN(c2cc(=O)n(Cc3ccccc3F)c3ccccc23)CC1. The van der Waals surface area contributed by atoms with Crippen molar-refractivity contribution in [3.8, 4) is 0 Å². The average molecular weight is 448 g/mol. The van der Waals surface area contributed by atoms with Crippen molar-refractivity contribution in [1.29, 1.82) is 0 Å². The maximum Gasteiger partial charge on any atom is 0.264 e. The highest BCUT2D eigenvalue weighted by atomic mass is 32.1. The van der Waals surface area contributed by atoms with Gasteiger partial charge in [-0.3, -0.25) is 9.59 Å². The van der Waals surface area contributed by atoms with Gasteiger partial charge < -0.3 is 14.4 Å². The van der Waals surface area contributed by atoms with E-state index in [0.29, 0.717) is 31.7 Å². The van der Waals surface area contributed by atoms with Gasteiger partial charge in [-0.05, 0) is 23.6 Å². The molecule has 1 aliphatic heterocycles. The fourth-order valence-electron chi connectivity index (χ4n) is 4.25. The molecule has 162 valence electrons. The first-order valence-corrected chi connectivity index (χ1v) is 11.4. The van der Waals surface area contributed by atoms with E-state index in [2.05, 4.69) is 4.90 Å². The Hall–Kier alpha value is -3.45. The molecule has 0 N–H and O–H groups in total. The van der Waals surface area contributed by atoms with Gasteiger partial charge in [-0.25, -0.2) is 4.39 Å². The van der Waals surface area contributed by atoms with Gasteiger partial charge in [0, 0.05) is 43.2 Å². The second-order valence-electron chi connectivity index (χ2n) is 7.82. The van der Waals surface area contributed by atoms with Crippen molar-refractivity contribution in [1.82, 2.24) is 9.47 Å². The van der Waals surface area contributed by atoms with E-state index in [4.69, 9.17) is 0 Å². The lowest BCUT2D eigenvalue weighted by atomic mass is 10.1. The van der Waals surface area contributed by atoms with Gasteiger partial charge in [0.05, 0.1) is 22.6 Å². The summed E-state index contributed by atoms with van der Waals surface area (Å²) in [6.07, 6.45) is 0. The zero-order valence-corrected chi connectivity index (χ0v) is 18.2. The van der Waals surface area contributed by atoms with Crippen LogP contribution in [-0.4, -0.2) is 41.6 Å². The van der Waals surface area contributed by atoms with E-state index >= 15 is 0 Å². The van der Waals surface area contributed by atoms with Crippen LogP contribution >= 0.6 is 11.3 Å². The molecule has 4 aromatic rings. The lowest BCUT2D eigenvalue weighted by molar-refractivity contribution is 0.0751. The molecule has 32 heavy (non-hydrogen) atoms. The highest BCUT2D eigenvalue weighted by molar-refractivity contribution is 7.12. The van der Waals surface area contributed by atoms with Crippen LogP contribution in [0.25, 0.3) is 10.9 Å². The summed E-state index contributed by atoms with van der Waals surface area (Å²) in [6.45, 7) is 2.68. The average Bonchev–Trinajstić information content (AvgIpc) is 3.37. The second kappa shape index (κ2) is 8.59. The molecular formula is C25H22FN3O2S. The summed E-state index contributed by atoms with van der Waals surface area (Å²) in [5, 5.41) is 2.85. The largest absolute Gasteiger partial charge is 0.367 e. The highest BCUT2D eigenvalue weighted by Crippen LogP contribution is 2.27. The number of benzene rings is 2. The standard InChI is InChI=1S/C25H22FN3O2S/c26-20-8-3-1-6-18(20)17-29-21-9-4-2-7-19(21)22(16-24(29)30)27-11-13-28(14-12-27)25(31)23-10-5-15-32-23/h1-10,15-16H,11-14,17H2. The first-order chi connectivity index (χ1) is 15.6. The lowest BCUT2D eigenvalue weighted by Gasteiger charge is -2.36. The van der Waals surface area contributed by atoms with Gasteiger partial charge in [0.1, 0.15) is 5.82 Å². The molecule has 1 fully saturated rings. The third-order valence-corrected chi connectivity index (χ3v) is 6.78. The van der Waals surface area contributed by atoms with E-state index in [9.17, 15) is 14.0 Å². The molecule has 0 radical (unpaired) electrons. The number of thiophene rings is 1. The third kappa shape index (κ3) is 3.80. The topological polar surface area (TPSA) is 45.6 Å². The van der Waals surface area contributed by atoms with Gasteiger partial charge in [-0.15, -0.1) is 11.3 Å². The molecule has 0 aliphatic carbocycles. The number of amides is 1. The molecule has 1 saturated heterocycles. The van der Waals surface area contributed by atoms with Crippen molar-refractivity contribution < 1.29 is 9.18 Å². The first-order valence-electron chi connectivity index (χ1n) is 10.6. The van der Waals surface area contributed by atoms with E-state index in [1.807, 2.05) is 46.7 Å². The number of halogens is 1. The number of rotatable bonds is 4. The normalized spacial score (nSPS) is 14.2. The molecule has 0 bridgehead atoms. The van der Waals surface area contributed by atoms with Crippen LogP contribution in [0.15, 0.2) is 76.9 Å². The molecule has 1 amide bonds. The molecule has 7 heteroatoms. The maximum absolute atomic E-state index is 14.2. The zero-order chi connectivity index (χ0) is 22.1. The minimum atomic E-state index is -0.320. The number of fused-ring (bicyclic) bond motifs is 1. The summed E-state index contributed by atoms with van der Waals surface area (Å²) < 4.78 is 15.8. The molecule has 5 rings (SSSR count). The first kappa shape index (κ1) is 20.5. The predicted octanol–water partition coefficient (Wildman–Crippen LogP) is 4.21. The zero-order valence-electron chi connectivity index (χ0n) is 17.4. The maximum atomic E-state index is 14.2. The van der Waals surface area contributed by atoms with Gasteiger partial charge in [-0.2, -0.15) is 0 Å². The number of aromatic nitrogens is 1. The Balaban J connectivity index is 1.44. The number of anilines is 1. The van der Waals surface area contributed by atoms with Gasteiger partial charge in [0.15, 0.2) is 0 Å². The second-order valence-corrected chi connectivity index (χ2v) is 8.77. The Bertz CT molecular complexity index is 1320. The van der Waals surface area contributed by atoms with E-state index in [1.165, 1.54) is 17.4 Å². The Morgan fingerprint density at radius 3 is 2.44 bits per heavy atom. The van der Waals surface area contributed by atoms with Gasteiger partial charge in [0.2, 0.25) is 0 Å². The van der Waals surface area contributed by atoms with Crippen LogP contribution in [0.3, 0.4) is 0 Å². The minimum Gasteiger partial charge on any atom is -0.367 e. The van der Waals surface area contributed by atoms with Crippen LogP contribution in [-0.2, 0) is 6.54 Å². The summed E-state index contributed by atoms with van der Waals surface area (Å²) >= 11 is 1.45. The predicted molar refractivity (Wildman–Crippen MR) is 126 cm³/mol. The number of pyridine rings is 1. The van der Waals surface area contributed by atoms with Crippen LogP contribution in [0.1, 0.15) is 15.2 Å². The van der Waals surface area contributed by atoms with Crippen LogP contribution in [0.4, 0.5) is 10.1 Å². The fourth-order valence-corrected chi connectivity index (χ4v) is 4.94. The molecule has 0 spiro atoms. The van der Waals surface area contributed by atoms with Crippen LogP contribution < -0.4 is 10.5 Å². The molecule has 0 saturated carbocycles. The smallest absolute Gasteiger partial charge is 0.264 e. The summed E-state index contributed by atoms with van der Waals surface area (Å²) in [5.74, 6) is -0.260. The molecule has 1 aliphatic rings. The lowest BCUT2D eigenvalue weighted by Crippen LogP contribution is -2.49. The molecule has 3 heterocycles. The number of carbonyl (C=O) groups is 1. The van der Waals surface area contributed by atoms with Crippen molar-refractivity contribution in [2.75, 3.05) is 31.1 Å². The monoisotopic (exact) mass is 447 g/mol. The number of nitrogens with zero attached hydrogens (tertiary/aromatic N) is 3. The third-order valence-electron chi connectivity index (χ3n) is 5.92. The molecule has 2 aromatic heterocycles. The van der Waals surface area contributed by atoms with E-state index in [1.54, 1.807) is 28.8 Å². The Labute approximate surface area is 188 Å². The van der Waals surface area contributed by atoms with Crippen molar-refractivity contribution in [3.05, 3.63) is 98.7 Å².